The molecule has 4 heteroatoms. The maximum absolute atomic E-state index is 4.55. The van der Waals surface area contributed by atoms with Crippen molar-refractivity contribution in [3.8, 4) is 0 Å². The molecular weight excluding hydrogens is 236 g/mol. The van der Waals surface area contributed by atoms with Crippen LogP contribution in [-0.4, -0.2) is 26.4 Å². The number of nitrogens with zero attached hydrogens (tertiary/aromatic N) is 4. The summed E-state index contributed by atoms with van der Waals surface area (Å²) in [5.74, 6) is 0.856. The van der Waals surface area contributed by atoms with Gasteiger partial charge in [0.15, 0.2) is 0 Å². The van der Waals surface area contributed by atoms with Gasteiger partial charge in [0, 0.05) is 32.0 Å². The van der Waals surface area contributed by atoms with Crippen molar-refractivity contribution in [2.75, 3.05) is 6.54 Å². The SMILES string of the molecule is Cc1ncc2c(n1)CN(Cc1ncccc1C)CC2. The lowest BCUT2D eigenvalue weighted by atomic mass is 10.1. The first-order chi connectivity index (χ1) is 9.22. The molecule has 0 saturated carbocycles. The summed E-state index contributed by atoms with van der Waals surface area (Å²) in [6.45, 7) is 6.91. The lowest BCUT2D eigenvalue weighted by Crippen LogP contribution is -2.31. The van der Waals surface area contributed by atoms with Crippen LogP contribution in [0.1, 0.15) is 28.3 Å². The number of fused-ring (bicyclic) bond motifs is 1. The van der Waals surface area contributed by atoms with Gasteiger partial charge in [-0.05, 0) is 37.5 Å². The van der Waals surface area contributed by atoms with Crippen molar-refractivity contribution < 1.29 is 0 Å². The molecule has 0 bridgehead atoms. The Balaban J connectivity index is 1.77. The molecule has 1 aliphatic heterocycles. The lowest BCUT2D eigenvalue weighted by molar-refractivity contribution is 0.237. The molecule has 2 aromatic heterocycles. The highest BCUT2D eigenvalue weighted by molar-refractivity contribution is 5.22. The minimum atomic E-state index is 0.856. The zero-order valence-electron chi connectivity index (χ0n) is 11.4. The fourth-order valence-electron chi connectivity index (χ4n) is 2.49. The van der Waals surface area contributed by atoms with E-state index < -0.39 is 0 Å². The Morgan fingerprint density at radius 1 is 1.26 bits per heavy atom. The number of rotatable bonds is 2. The van der Waals surface area contributed by atoms with Crippen LogP contribution in [0.15, 0.2) is 24.5 Å². The summed E-state index contributed by atoms with van der Waals surface area (Å²) < 4.78 is 0. The molecule has 0 spiro atoms. The number of hydrogen-bond donors (Lipinski definition) is 0. The topological polar surface area (TPSA) is 41.9 Å². The van der Waals surface area contributed by atoms with Gasteiger partial charge in [-0.15, -0.1) is 0 Å². The van der Waals surface area contributed by atoms with Gasteiger partial charge in [0.25, 0.3) is 0 Å². The molecule has 2 aromatic rings. The standard InChI is InChI=1S/C15H18N4/c1-11-4-3-6-16-14(11)9-19-7-5-13-8-17-12(2)18-15(13)10-19/h3-4,6,8H,5,7,9-10H2,1-2H3. The van der Waals surface area contributed by atoms with Gasteiger partial charge in [-0.2, -0.15) is 0 Å². The summed E-state index contributed by atoms with van der Waals surface area (Å²) in [4.78, 5) is 15.7. The van der Waals surface area contributed by atoms with Crippen LogP contribution in [0.25, 0.3) is 0 Å². The van der Waals surface area contributed by atoms with E-state index in [4.69, 9.17) is 0 Å². The van der Waals surface area contributed by atoms with Gasteiger partial charge < -0.3 is 0 Å². The van der Waals surface area contributed by atoms with Crippen molar-refractivity contribution in [1.82, 2.24) is 19.9 Å². The third-order valence-electron chi connectivity index (χ3n) is 3.64. The van der Waals surface area contributed by atoms with E-state index >= 15 is 0 Å². The van der Waals surface area contributed by atoms with Gasteiger partial charge in [-0.1, -0.05) is 6.07 Å². The first-order valence-electron chi connectivity index (χ1n) is 6.66. The maximum Gasteiger partial charge on any atom is 0.125 e. The van der Waals surface area contributed by atoms with Gasteiger partial charge in [-0.3, -0.25) is 9.88 Å². The summed E-state index contributed by atoms with van der Waals surface area (Å²) in [5, 5.41) is 0. The fraction of sp³-hybridized carbons (Fsp3) is 0.400. The highest BCUT2D eigenvalue weighted by Gasteiger charge is 2.18. The molecule has 3 rings (SSSR count). The minimum Gasteiger partial charge on any atom is -0.291 e. The second-order valence-corrected chi connectivity index (χ2v) is 5.12. The molecule has 0 unspecified atom stereocenters. The smallest absolute Gasteiger partial charge is 0.125 e. The molecule has 3 heterocycles. The van der Waals surface area contributed by atoms with Crippen LogP contribution in [0, 0.1) is 13.8 Å². The summed E-state index contributed by atoms with van der Waals surface area (Å²) in [7, 11) is 0. The van der Waals surface area contributed by atoms with E-state index in [9.17, 15) is 0 Å². The minimum absolute atomic E-state index is 0.856. The molecule has 0 saturated heterocycles. The molecule has 98 valence electrons. The van der Waals surface area contributed by atoms with E-state index in [-0.39, 0.29) is 0 Å². The zero-order chi connectivity index (χ0) is 13.2. The summed E-state index contributed by atoms with van der Waals surface area (Å²) in [6, 6.07) is 4.10. The van der Waals surface area contributed by atoms with Gasteiger partial charge in [0.2, 0.25) is 0 Å². The largest absolute Gasteiger partial charge is 0.291 e. The second kappa shape index (κ2) is 5.05. The molecular formula is C15H18N4. The highest BCUT2D eigenvalue weighted by atomic mass is 15.1. The Labute approximate surface area is 113 Å². The quantitative estimate of drug-likeness (QED) is 0.822. The molecule has 0 atom stereocenters. The van der Waals surface area contributed by atoms with Crippen LogP contribution in [0.3, 0.4) is 0 Å². The average Bonchev–Trinajstić information content (AvgIpc) is 2.41. The van der Waals surface area contributed by atoms with Crippen LogP contribution in [0.5, 0.6) is 0 Å². The predicted molar refractivity (Wildman–Crippen MR) is 73.6 cm³/mol. The number of pyridine rings is 1. The third kappa shape index (κ3) is 2.63. The predicted octanol–water partition coefficient (Wildman–Crippen LogP) is 2.05. The van der Waals surface area contributed by atoms with Gasteiger partial charge in [0.05, 0.1) is 11.4 Å². The van der Waals surface area contributed by atoms with Gasteiger partial charge in [-0.25, -0.2) is 9.97 Å². The van der Waals surface area contributed by atoms with E-state index in [1.165, 1.54) is 16.8 Å². The average molecular weight is 254 g/mol. The molecule has 0 radical (unpaired) electrons. The molecule has 0 amide bonds. The Morgan fingerprint density at radius 3 is 3.00 bits per heavy atom. The van der Waals surface area contributed by atoms with Crippen molar-refractivity contribution in [1.29, 1.82) is 0 Å². The summed E-state index contributed by atoms with van der Waals surface area (Å²) >= 11 is 0. The Bertz CT molecular complexity index is 594. The van der Waals surface area contributed by atoms with Crippen LogP contribution < -0.4 is 0 Å². The van der Waals surface area contributed by atoms with E-state index in [0.717, 1.165) is 37.6 Å². The van der Waals surface area contributed by atoms with E-state index in [1.807, 2.05) is 25.4 Å². The van der Waals surface area contributed by atoms with Crippen LogP contribution in [0.2, 0.25) is 0 Å². The molecule has 0 aliphatic carbocycles. The van der Waals surface area contributed by atoms with Crippen LogP contribution in [-0.2, 0) is 19.5 Å². The normalized spacial score (nSPS) is 15.3. The van der Waals surface area contributed by atoms with Crippen molar-refractivity contribution in [3.63, 3.8) is 0 Å². The van der Waals surface area contributed by atoms with Crippen LogP contribution >= 0.6 is 0 Å². The molecule has 19 heavy (non-hydrogen) atoms. The fourth-order valence-corrected chi connectivity index (χ4v) is 2.49. The van der Waals surface area contributed by atoms with E-state index in [2.05, 4.69) is 32.8 Å². The summed E-state index contributed by atoms with van der Waals surface area (Å²) in [6.07, 6.45) is 4.87. The Hall–Kier alpha value is -1.81. The highest BCUT2D eigenvalue weighted by Crippen LogP contribution is 2.18. The summed E-state index contributed by atoms with van der Waals surface area (Å²) in [5.41, 5.74) is 4.89. The third-order valence-corrected chi connectivity index (χ3v) is 3.64. The van der Waals surface area contributed by atoms with Crippen molar-refractivity contribution in [2.24, 2.45) is 0 Å². The number of hydrogen-bond acceptors (Lipinski definition) is 4. The Morgan fingerprint density at radius 2 is 2.16 bits per heavy atom. The van der Waals surface area contributed by atoms with Gasteiger partial charge >= 0.3 is 0 Å². The molecule has 0 fully saturated rings. The second-order valence-electron chi connectivity index (χ2n) is 5.12. The Kier molecular flexibility index (Phi) is 3.25. The lowest BCUT2D eigenvalue weighted by Gasteiger charge is -2.27. The maximum atomic E-state index is 4.55. The molecule has 1 aliphatic rings. The molecule has 4 nitrogen and oxygen atoms in total. The first-order valence-corrected chi connectivity index (χ1v) is 6.66. The number of aryl methyl sites for hydroxylation is 2. The first kappa shape index (κ1) is 12.2. The monoisotopic (exact) mass is 254 g/mol. The van der Waals surface area contributed by atoms with E-state index in [0.29, 0.717) is 0 Å². The molecule has 0 aromatic carbocycles. The zero-order valence-corrected chi connectivity index (χ0v) is 11.4. The van der Waals surface area contributed by atoms with Crippen molar-refractivity contribution in [3.05, 3.63) is 52.9 Å². The van der Waals surface area contributed by atoms with Crippen LogP contribution in [0.4, 0.5) is 0 Å². The van der Waals surface area contributed by atoms with Gasteiger partial charge in [0.1, 0.15) is 5.82 Å². The molecule has 0 N–H and O–H groups in total. The van der Waals surface area contributed by atoms with Crippen molar-refractivity contribution in [2.45, 2.75) is 33.4 Å². The van der Waals surface area contributed by atoms with Crippen molar-refractivity contribution >= 4 is 0 Å². The number of aromatic nitrogens is 3. The van der Waals surface area contributed by atoms with E-state index in [1.54, 1.807) is 0 Å².